The second-order valence-corrected chi connectivity index (χ2v) is 6.45. The topological polar surface area (TPSA) is 142 Å². The molecule has 0 aliphatic carbocycles. The average Bonchev–Trinajstić information content (AvgIpc) is 3.22. The number of guanidine groups is 1. The highest BCUT2D eigenvalue weighted by Crippen LogP contribution is 2.38. The zero-order chi connectivity index (χ0) is 20.4. The number of carboxylic acids is 1. The van der Waals surface area contributed by atoms with Crippen LogP contribution in [-0.2, 0) is 19.0 Å². The summed E-state index contributed by atoms with van der Waals surface area (Å²) < 4.78 is 48.6. The summed E-state index contributed by atoms with van der Waals surface area (Å²) in [7, 11) is 0. The first-order valence-corrected chi connectivity index (χ1v) is 8.09. The zero-order valence-corrected chi connectivity index (χ0v) is 14.6. The van der Waals surface area contributed by atoms with Crippen molar-refractivity contribution in [2.45, 2.75) is 56.5 Å². The number of carboxylic acid groups (broad SMARTS) is 1. The number of fused-ring (bicyclic) bond motifs is 1. The molecule has 5 N–H and O–H groups in total. The lowest BCUT2D eigenvalue weighted by Gasteiger charge is -2.28. The monoisotopic (exact) mass is 401 g/mol. The van der Waals surface area contributed by atoms with Crippen molar-refractivity contribution in [2.75, 3.05) is 19.7 Å². The van der Waals surface area contributed by atoms with Crippen molar-refractivity contribution >= 4 is 11.9 Å². The Balaban J connectivity index is 0.000000321. The maximum Gasteiger partial charge on any atom is 0.490 e. The van der Waals surface area contributed by atoms with E-state index in [0.29, 0.717) is 12.5 Å². The predicted octanol–water partition coefficient (Wildman–Crippen LogP) is -1.23. The molecule has 0 amide bonds. The van der Waals surface area contributed by atoms with Crippen molar-refractivity contribution < 1.29 is 47.5 Å². The Bertz CT molecular complexity index is 573. The van der Waals surface area contributed by atoms with Crippen molar-refractivity contribution in [3.8, 4) is 0 Å². The summed E-state index contributed by atoms with van der Waals surface area (Å²) in [6, 6.07) is -0.477. The van der Waals surface area contributed by atoms with Crippen LogP contribution in [0.5, 0.6) is 0 Å². The highest BCUT2D eigenvalue weighted by Gasteiger charge is 2.56. The summed E-state index contributed by atoms with van der Waals surface area (Å²) in [5.41, 5.74) is 0. The fourth-order valence-corrected chi connectivity index (χ4v) is 2.75. The number of aliphatic hydroxyl groups excluding tert-OH is 2. The Kier molecular flexibility index (Phi) is 6.52. The van der Waals surface area contributed by atoms with E-state index in [1.807, 2.05) is 0 Å². The summed E-state index contributed by atoms with van der Waals surface area (Å²) in [4.78, 5) is 13.1. The van der Waals surface area contributed by atoms with Gasteiger partial charge in [0.25, 0.3) is 0 Å². The van der Waals surface area contributed by atoms with Gasteiger partial charge in [0, 0.05) is 6.54 Å². The first kappa shape index (κ1) is 21.6. The first-order chi connectivity index (χ1) is 12.4. The van der Waals surface area contributed by atoms with E-state index in [1.165, 1.54) is 0 Å². The van der Waals surface area contributed by atoms with Crippen molar-refractivity contribution in [2.24, 2.45) is 4.99 Å². The Morgan fingerprint density at radius 3 is 2.52 bits per heavy atom. The number of nitrogens with zero attached hydrogens (tertiary/aromatic N) is 1. The Labute approximate surface area is 152 Å². The third-order valence-electron chi connectivity index (χ3n) is 3.88. The molecule has 3 heterocycles. The summed E-state index contributed by atoms with van der Waals surface area (Å²) >= 11 is 0. The van der Waals surface area contributed by atoms with Gasteiger partial charge in [0.1, 0.15) is 18.3 Å². The van der Waals surface area contributed by atoms with E-state index in [-0.39, 0.29) is 6.61 Å². The number of carbonyl (C=O) groups is 1. The van der Waals surface area contributed by atoms with Gasteiger partial charge >= 0.3 is 12.1 Å². The highest BCUT2D eigenvalue weighted by atomic mass is 19.4. The minimum Gasteiger partial charge on any atom is -0.475 e. The Morgan fingerprint density at radius 1 is 1.44 bits per heavy atom. The number of ether oxygens (including phenoxy) is 3. The molecule has 0 unspecified atom stereocenters. The molecule has 156 valence electrons. The molecule has 3 aliphatic rings. The van der Waals surface area contributed by atoms with E-state index >= 15 is 0 Å². The fourth-order valence-electron chi connectivity index (χ4n) is 2.75. The van der Waals surface area contributed by atoms with Gasteiger partial charge < -0.3 is 40.2 Å². The van der Waals surface area contributed by atoms with Crippen LogP contribution < -0.4 is 10.6 Å². The van der Waals surface area contributed by atoms with E-state index in [1.54, 1.807) is 13.8 Å². The van der Waals surface area contributed by atoms with Gasteiger partial charge in [0.05, 0.1) is 19.2 Å². The molecule has 0 spiro atoms. The van der Waals surface area contributed by atoms with E-state index in [0.717, 1.165) is 6.54 Å². The lowest BCUT2D eigenvalue weighted by molar-refractivity contribution is -0.218. The number of hydrogen-bond donors (Lipinski definition) is 5. The minimum absolute atomic E-state index is 0.189. The molecular formula is C14H22F3N3O7. The second-order valence-electron chi connectivity index (χ2n) is 6.45. The lowest BCUT2D eigenvalue weighted by Crippen LogP contribution is -2.53. The summed E-state index contributed by atoms with van der Waals surface area (Å²) in [5.74, 6) is -2.91. The van der Waals surface area contributed by atoms with Crippen LogP contribution in [0.3, 0.4) is 0 Å². The Hall–Kier alpha value is -1.67. The van der Waals surface area contributed by atoms with Crippen LogP contribution in [0.1, 0.15) is 13.8 Å². The molecule has 2 fully saturated rings. The van der Waals surface area contributed by atoms with Gasteiger partial charge in [-0.15, -0.1) is 0 Å². The lowest BCUT2D eigenvalue weighted by atomic mass is 10.0. The maximum absolute atomic E-state index is 10.6. The number of rotatable bonds is 3. The summed E-state index contributed by atoms with van der Waals surface area (Å²) in [6.45, 7) is 4.82. The number of halogens is 3. The quantitative estimate of drug-likeness (QED) is 0.393. The molecule has 0 bridgehead atoms. The first-order valence-electron chi connectivity index (χ1n) is 8.09. The SMILES string of the molecule is CC1(C)O[C@H]2O[C@H]([C@H](CO)NC3=NCCN3)[C@H](O)[C@H]2O1.O=C(O)C(F)(F)F. The van der Waals surface area contributed by atoms with Crippen LogP contribution in [-0.4, -0.2) is 89.6 Å². The number of aliphatic imine (C=N–C) groups is 1. The second kappa shape index (κ2) is 8.14. The molecule has 2 saturated heterocycles. The number of aliphatic carboxylic acids is 1. The third kappa shape index (κ3) is 5.42. The van der Waals surface area contributed by atoms with Crippen molar-refractivity contribution in [1.29, 1.82) is 0 Å². The van der Waals surface area contributed by atoms with Gasteiger partial charge in [0.15, 0.2) is 18.0 Å². The number of nitrogens with one attached hydrogen (secondary N) is 2. The number of aliphatic hydroxyl groups is 2. The number of alkyl halides is 3. The smallest absolute Gasteiger partial charge is 0.475 e. The molecule has 0 aromatic heterocycles. The molecule has 0 aromatic carbocycles. The minimum atomic E-state index is -5.08. The van der Waals surface area contributed by atoms with E-state index < -0.39 is 48.6 Å². The normalized spacial score (nSPS) is 32.6. The van der Waals surface area contributed by atoms with Gasteiger partial charge in [-0.25, -0.2) is 4.79 Å². The van der Waals surface area contributed by atoms with Gasteiger partial charge in [-0.05, 0) is 13.8 Å². The van der Waals surface area contributed by atoms with E-state index in [4.69, 9.17) is 24.1 Å². The zero-order valence-electron chi connectivity index (χ0n) is 14.6. The van der Waals surface area contributed by atoms with Gasteiger partial charge in [-0.2, -0.15) is 13.2 Å². The molecule has 27 heavy (non-hydrogen) atoms. The fraction of sp³-hybridized carbons (Fsp3) is 0.857. The van der Waals surface area contributed by atoms with E-state index in [9.17, 15) is 23.4 Å². The van der Waals surface area contributed by atoms with Crippen molar-refractivity contribution in [1.82, 2.24) is 10.6 Å². The highest BCUT2D eigenvalue weighted by molar-refractivity contribution is 5.81. The molecule has 3 aliphatic heterocycles. The molecule has 10 nitrogen and oxygen atoms in total. The molecule has 0 saturated carbocycles. The van der Waals surface area contributed by atoms with Crippen LogP contribution in [0.2, 0.25) is 0 Å². The molecule has 3 rings (SSSR count). The van der Waals surface area contributed by atoms with Crippen LogP contribution in [0, 0.1) is 0 Å². The van der Waals surface area contributed by atoms with Crippen LogP contribution >= 0.6 is 0 Å². The van der Waals surface area contributed by atoms with Crippen molar-refractivity contribution in [3.63, 3.8) is 0 Å². The maximum atomic E-state index is 10.6. The third-order valence-corrected chi connectivity index (χ3v) is 3.88. The molecule has 0 aromatic rings. The Morgan fingerprint density at radius 2 is 2.07 bits per heavy atom. The summed E-state index contributed by atoms with van der Waals surface area (Å²) in [6.07, 6.45) is -7.71. The standard InChI is InChI=1S/C12H21N3O5.C2HF3O2/c1-12(2)19-9-7(17)8(18-10(9)20-12)6(5-16)15-11-13-3-4-14-11;3-2(4,5)1(6)7/h6-10,16-17H,3-5H2,1-2H3,(H2,13,14,15);(H,6,7)/t6-,7-,8+,9+,10+;/m0./s1. The van der Waals surface area contributed by atoms with E-state index in [2.05, 4.69) is 15.6 Å². The van der Waals surface area contributed by atoms with Crippen molar-refractivity contribution in [3.05, 3.63) is 0 Å². The predicted molar refractivity (Wildman–Crippen MR) is 82.7 cm³/mol. The van der Waals surface area contributed by atoms with Gasteiger partial charge in [-0.1, -0.05) is 0 Å². The molecule has 5 atom stereocenters. The van der Waals surface area contributed by atoms with Gasteiger partial charge in [-0.3, -0.25) is 4.99 Å². The average molecular weight is 401 g/mol. The van der Waals surface area contributed by atoms with Crippen LogP contribution in [0.4, 0.5) is 13.2 Å². The molecule has 0 radical (unpaired) electrons. The van der Waals surface area contributed by atoms with Crippen LogP contribution in [0.25, 0.3) is 0 Å². The molecular weight excluding hydrogens is 379 g/mol. The van der Waals surface area contributed by atoms with Crippen LogP contribution in [0.15, 0.2) is 4.99 Å². The molecule has 13 heteroatoms. The summed E-state index contributed by atoms with van der Waals surface area (Å²) in [5, 5.41) is 33.1. The van der Waals surface area contributed by atoms with Gasteiger partial charge in [0.2, 0.25) is 0 Å². The number of hydrogen-bond acceptors (Lipinski definition) is 9. The largest absolute Gasteiger partial charge is 0.490 e.